The molecule has 0 aromatic heterocycles. The molecule has 0 bridgehead atoms. The molecule has 0 heterocycles. The number of halogens is 2. The van der Waals surface area contributed by atoms with Crippen molar-refractivity contribution in [3.63, 3.8) is 0 Å². The van der Waals surface area contributed by atoms with E-state index in [0.717, 1.165) is 37.8 Å². The fourth-order valence-corrected chi connectivity index (χ4v) is 2.46. The van der Waals surface area contributed by atoms with Crippen molar-refractivity contribution in [2.75, 3.05) is 13.2 Å². The molecule has 1 aromatic carbocycles. The lowest BCUT2D eigenvalue weighted by atomic mass is 9.89. The molecule has 3 nitrogen and oxygen atoms in total. The molecule has 0 saturated heterocycles. The Morgan fingerprint density at radius 1 is 1.23 bits per heavy atom. The van der Waals surface area contributed by atoms with E-state index in [2.05, 4.69) is 17.2 Å². The van der Waals surface area contributed by atoms with E-state index >= 15 is 0 Å². The van der Waals surface area contributed by atoms with Crippen molar-refractivity contribution in [1.82, 2.24) is 5.32 Å². The van der Waals surface area contributed by atoms with Gasteiger partial charge in [-0.15, -0.1) is 0 Å². The smallest absolute Gasteiger partial charge is 0.223 e. The highest BCUT2D eigenvalue weighted by atomic mass is 19.1. The number of carbonyl (C=O) groups is 1. The van der Waals surface area contributed by atoms with Gasteiger partial charge in [-0.2, -0.15) is 0 Å². The molecule has 1 aliphatic carbocycles. The highest BCUT2D eigenvalue weighted by Gasteiger charge is 2.19. The molecule has 1 saturated carbocycles. The second-order valence-electron chi connectivity index (χ2n) is 5.27. The van der Waals surface area contributed by atoms with Crippen LogP contribution in [0.15, 0.2) is 18.2 Å². The first-order chi connectivity index (χ1) is 10.7. The van der Waals surface area contributed by atoms with Crippen molar-refractivity contribution in [2.45, 2.75) is 32.1 Å². The Morgan fingerprint density at radius 2 is 2.00 bits per heavy atom. The van der Waals surface area contributed by atoms with Gasteiger partial charge in [0, 0.05) is 12.0 Å². The third kappa shape index (κ3) is 5.03. The van der Waals surface area contributed by atoms with Gasteiger partial charge in [0.2, 0.25) is 5.91 Å². The van der Waals surface area contributed by atoms with Gasteiger partial charge in [-0.3, -0.25) is 4.79 Å². The molecule has 1 amide bonds. The van der Waals surface area contributed by atoms with Crippen LogP contribution in [0.5, 0.6) is 5.75 Å². The minimum absolute atomic E-state index is 0.0121. The normalized spacial score (nSPS) is 14.8. The molecule has 118 valence electrons. The van der Waals surface area contributed by atoms with Crippen molar-refractivity contribution in [3.8, 4) is 17.6 Å². The molecule has 1 aliphatic rings. The van der Waals surface area contributed by atoms with Crippen molar-refractivity contribution < 1.29 is 18.3 Å². The fraction of sp³-hybridized carbons (Fsp3) is 0.471. The van der Waals surface area contributed by atoms with Gasteiger partial charge in [0.1, 0.15) is 12.4 Å². The van der Waals surface area contributed by atoms with E-state index in [1.165, 1.54) is 12.5 Å². The molecule has 5 heteroatoms. The molecular formula is C17H19F2NO2. The standard InChI is InChI=1S/C17H19F2NO2/c18-14-8-9-16(15(19)12-14)22-11-5-4-10-20-17(21)13-6-2-1-3-7-13/h8-9,12-13H,1-3,6-7,10-11H2,(H,20,21). The Labute approximate surface area is 129 Å². The van der Waals surface area contributed by atoms with E-state index in [4.69, 9.17) is 4.74 Å². The van der Waals surface area contributed by atoms with E-state index in [1.54, 1.807) is 0 Å². The Balaban J connectivity index is 1.67. The van der Waals surface area contributed by atoms with E-state index in [9.17, 15) is 13.6 Å². The van der Waals surface area contributed by atoms with Gasteiger partial charge in [0.15, 0.2) is 11.6 Å². The van der Waals surface area contributed by atoms with Crippen LogP contribution < -0.4 is 10.1 Å². The van der Waals surface area contributed by atoms with Crippen LogP contribution in [0.2, 0.25) is 0 Å². The first-order valence-electron chi connectivity index (χ1n) is 7.48. The summed E-state index contributed by atoms with van der Waals surface area (Å²) < 4.78 is 31.1. The van der Waals surface area contributed by atoms with Gasteiger partial charge >= 0.3 is 0 Å². The van der Waals surface area contributed by atoms with Crippen LogP contribution in [-0.2, 0) is 4.79 Å². The van der Waals surface area contributed by atoms with E-state index in [-0.39, 0.29) is 30.7 Å². The van der Waals surface area contributed by atoms with Gasteiger partial charge in [-0.25, -0.2) is 8.78 Å². The molecule has 0 atom stereocenters. The van der Waals surface area contributed by atoms with Crippen LogP contribution in [0.25, 0.3) is 0 Å². The SMILES string of the molecule is O=C(NCC#CCOc1ccc(F)cc1F)C1CCCCC1. The van der Waals surface area contributed by atoms with E-state index < -0.39 is 11.6 Å². The molecule has 1 N–H and O–H groups in total. The summed E-state index contributed by atoms with van der Waals surface area (Å²) in [6.07, 6.45) is 5.33. The Hall–Kier alpha value is -2.09. The van der Waals surface area contributed by atoms with Crippen LogP contribution in [0, 0.1) is 29.4 Å². The zero-order chi connectivity index (χ0) is 15.8. The van der Waals surface area contributed by atoms with Crippen molar-refractivity contribution in [2.24, 2.45) is 5.92 Å². The average Bonchev–Trinajstić information content (AvgIpc) is 2.53. The fourth-order valence-electron chi connectivity index (χ4n) is 2.46. The summed E-state index contributed by atoms with van der Waals surface area (Å²) in [7, 11) is 0. The van der Waals surface area contributed by atoms with Crippen LogP contribution in [0.4, 0.5) is 8.78 Å². The lowest BCUT2D eigenvalue weighted by Gasteiger charge is -2.19. The highest BCUT2D eigenvalue weighted by Crippen LogP contribution is 2.23. The summed E-state index contributed by atoms with van der Waals surface area (Å²) >= 11 is 0. The Kier molecular flexibility index (Phi) is 6.20. The highest BCUT2D eigenvalue weighted by molar-refractivity contribution is 5.78. The predicted molar refractivity (Wildman–Crippen MR) is 79.2 cm³/mol. The number of ether oxygens (including phenoxy) is 1. The van der Waals surface area contributed by atoms with Gasteiger partial charge in [0.05, 0.1) is 6.54 Å². The second kappa shape index (κ2) is 8.38. The Morgan fingerprint density at radius 3 is 2.73 bits per heavy atom. The van der Waals surface area contributed by atoms with Crippen LogP contribution in [0.3, 0.4) is 0 Å². The lowest BCUT2D eigenvalue weighted by Crippen LogP contribution is -2.32. The number of hydrogen-bond donors (Lipinski definition) is 1. The molecule has 0 radical (unpaired) electrons. The summed E-state index contributed by atoms with van der Waals surface area (Å²) in [6.45, 7) is 0.243. The average molecular weight is 307 g/mol. The summed E-state index contributed by atoms with van der Waals surface area (Å²) in [5.74, 6) is 4.16. The van der Waals surface area contributed by atoms with Crippen molar-refractivity contribution >= 4 is 5.91 Å². The van der Waals surface area contributed by atoms with Gasteiger partial charge in [0.25, 0.3) is 0 Å². The van der Waals surface area contributed by atoms with Gasteiger partial charge < -0.3 is 10.1 Å². The summed E-state index contributed by atoms with van der Waals surface area (Å²) in [6, 6.07) is 3.10. The molecule has 0 unspecified atom stereocenters. The first kappa shape index (κ1) is 16.3. The zero-order valence-corrected chi connectivity index (χ0v) is 12.3. The minimum Gasteiger partial charge on any atom is -0.478 e. The van der Waals surface area contributed by atoms with Gasteiger partial charge in [-0.1, -0.05) is 31.1 Å². The maximum atomic E-state index is 13.3. The molecule has 0 spiro atoms. The molecule has 2 rings (SSSR count). The largest absolute Gasteiger partial charge is 0.478 e. The zero-order valence-electron chi connectivity index (χ0n) is 12.3. The predicted octanol–water partition coefficient (Wildman–Crippen LogP) is 3.04. The number of nitrogens with one attached hydrogen (secondary N) is 1. The van der Waals surface area contributed by atoms with Crippen molar-refractivity contribution in [1.29, 1.82) is 0 Å². The van der Waals surface area contributed by atoms with E-state index in [1.807, 2.05) is 0 Å². The number of carbonyl (C=O) groups excluding carboxylic acids is 1. The monoisotopic (exact) mass is 307 g/mol. The Bertz CT molecular complexity index is 572. The second-order valence-corrected chi connectivity index (χ2v) is 5.27. The molecule has 22 heavy (non-hydrogen) atoms. The quantitative estimate of drug-likeness (QED) is 0.868. The van der Waals surface area contributed by atoms with Crippen LogP contribution in [-0.4, -0.2) is 19.1 Å². The van der Waals surface area contributed by atoms with Crippen LogP contribution in [0.1, 0.15) is 32.1 Å². The van der Waals surface area contributed by atoms with Crippen molar-refractivity contribution in [3.05, 3.63) is 29.8 Å². The molecule has 1 fully saturated rings. The van der Waals surface area contributed by atoms with E-state index in [0.29, 0.717) is 0 Å². The number of hydrogen-bond acceptors (Lipinski definition) is 2. The summed E-state index contributed by atoms with van der Waals surface area (Å²) in [4.78, 5) is 11.8. The third-order valence-corrected chi connectivity index (χ3v) is 3.65. The molecule has 1 aromatic rings. The first-order valence-corrected chi connectivity index (χ1v) is 7.48. The number of benzene rings is 1. The minimum atomic E-state index is -0.757. The maximum absolute atomic E-state index is 13.3. The molecular weight excluding hydrogens is 288 g/mol. The number of rotatable bonds is 4. The lowest BCUT2D eigenvalue weighted by molar-refractivity contribution is -0.125. The molecule has 0 aliphatic heterocycles. The topological polar surface area (TPSA) is 38.3 Å². The summed E-state index contributed by atoms with van der Waals surface area (Å²) in [5.41, 5.74) is 0. The summed E-state index contributed by atoms with van der Waals surface area (Å²) in [5, 5.41) is 2.78. The van der Waals surface area contributed by atoms with Gasteiger partial charge in [-0.05, 0) is 25.0 Å². The maximum Gasteiger partial charge on any atom is 0.223 e. The number of amides is 1. The third-order valence-electron chi connectivity index (χ3n) is 3.65. The van der Waals surface area contributed by atoms with Crippen LogP contribution >= 0.6 is 0 Å².